The second-order valence-electron chi connectivity index (χ2n) is 7.98. The molecule has 0 aliphatic heterocycles. The Morgan fingerprint density at radius 3 is 2.88 bits per heavy atom. The van der Waals surface area contributed by atoms with E-state index in [0.29, 0.717) is 17.3 Å². The number of halogens is 1. The third-order valence-corrected chi connectivity index (χ3v) is 6.00. The van der Waals surface area contributed by atoms with Crippen LogP contribution in [0.2, 0.25) is 5.02 Å². The number of ether oxygens (including phenoxy) is 1. The van der Waals surface area contributed by atoms with Crippen molar-refractivity contribution in [1.82, 2.24) is 24.8 Å². The van der Waals surface area contributed by atoms with E-state index < -0.39 is 0 Å². The number of aromatic nitrogens is 4. The minimum atomic E-state index is -0.0495. The van der Waals surface area contributed by atoms with Crippen molar-refractivity contribution in [1.29, 1.82) is 0 Å². The van der Waals surface area contributed by atoms with Crippen LogP contribution in [-0.2, 0) is 17.9 Å². The topological polar surface area (TPSA) is 81.9 Å². The smallest absolute Gasteiger partial charge is 0.223 e. The molecular formula is C25H26ClN5O2. The van der Waals surface area contributed by atoms with Gasteiger partial charge in [0, 0.05) is 53.9 Å². The molecule has 8 heteroatoms. The zero-order chi connectivity index (χ0) is 23.4. The van der Waals surface area contributed by atoms with E-state index in [1.807, 2.05) is 55.8 Å². The fourth-order valence-electron chi connectivity index (χ4n) is 3.57. The summed E-state index contributed by atoms with van der Waals surface area (Å²) in [5, 5.41) is 4.41. The molecule has 0 aliphatic rings. The van der Waals surface area contributed by atoms with Gasteiger partial charge in [0.15, 0.2) is 0 Å². The van der Waals surface area contributed by atoms with Crippen molar-refractivity contribution in [3.8, 4) is 11.4 Å². The van der Waals surface area contributed by atoms with Crippen LogP contribution in [0.25, 0.3) is 16.6 Å². The summed E-state index contributed by atoms with van der Waals surface area (Å²) < 4.78 is 8.17. The average molecular weight is 464 g/mol. The van der Waals surface area contributed by atoms with Gasteiger partial charge in [0.25, 0.3) is 0 Å². The summed E-state index contributed by atoms with van der Waals surface area (Å²) in [5.74, 6) is 0.608. The Bertz CT molecular complexity index is 1270. The molecule has 1 unspecified atom stereocenters. The lowest BCUT2D eigenvalue weighted by Crippen LogP contribution is -2.28. The van der Waals surface area contributed by atoms with Crippen LogP contribution >= 0.6 is 11.6 Å². The Morgan fingerprint density at radius 1 is 1.27 bits per heavy atom. The van der Waals surface area contributed by atoms with E-state index in [1.54, 1.807) is 24.9 Å². The molecule has 0 spiro atoms. The first-order chi connectivity index (χ1) is 16.0. The molecule has 1 N–H and O–H groups in total. The number of imidazole rings is 1. The van der Waals surface area contributed by atoms with Gasteiger partial charge >= 0.3 is 0 Å². The van der Waals surface area contributed by atoms with Gasteiger partial charge in [0.05, 0.1) is 17.0 Å². The number of nitrogens with zero attached hydrogens (tertiary/aromatic N) is 4. The van der Waals surface area contributed by atoms with Gasteiger partial charge in [-0.3, -0.25) is 9.78 Å². The predicted octanol–water partition coefficient (Wildman–Crippen LogP) is 5.02. The molecule has 0 saturated carbocycles. The van der Waals surface area contributed by atoms with Crippen molar-refractivity contribution in [2.75, 3.05) is 0 Å². The summed E-state index contributed by atoms with van der Waals surface area (Å²) in [4.78, 5) is 25.3. The third kappa shape index (κ3) is 4.98. The van der Waals surface area contributed by atoms with Crippen molar-refractivity contribution in [3.05, 3.63) is 77.2 Å². The highest BCUT2D eigenvalue weighted by atomic mass is 35.5. The van der Waals surface area contributed by atoms with Crippen LogP contribution < -0.4 is 10.1 Å². The number of fused-ring (bicyclic) bond motifs is 1. The number of para-hydroxylation sites is 1. The number of carbonyl (C=O) groups is 1. The molecule has 0 aliphatic carbocycles. The number of carbonyl (C=O) groups excluding carboxylic acids is 1. The molecule has 7 nitrogen and oxygen atoms in total. The van der Waals surface area contributed by atoms with Gasteiger partial charge < -0.3 is 14.6 Å². The van der Waals surface area contributed by atoms with Gasteiger partial charge in [-0.1, -0.05) is 37.6 Å². The number of hydrogen-bond acceptors (Lipinski definition) is 5. The lowest BCUT2D eigenvalue weighted by Gasteiger charge is -2.16. The highest BCUT2D eigenvalue weighted by Gasteiger charge is 2.15. The lowest BCUT2D eigenvalue weighted by molar-refractivity contribution is -0.124. The van der Waals surface area contributed by atoms with E-state index in [0.717, 1.165) is 39.8 Å². The molecule has 4 aromatic rings. The summed E-state index contributed by atoms with van der Waals surface area (Å²) in [6.45, 7) is 6.42. The number of hydrogen-bond donors (Lipinski definition) is 1. The second-order valence-corrected chi connectivity index (χ2v) is 8.39. The second kappa shape index (κ2) is 10.0. The number of amides is 1. The number of nitrogens with one attached hydrogen (secondary N) is 1. The molecule has 33 heavy (non-hydrogen) atoms. The number of rotatable bonds is 8. The zero-order valence-corrected chi connectivity index (χ0v) is 19.6. The van der Waals surface area contributed by atoms with E-state index in [4.69, 9.17) is 21.3 Å². The van der Waals surface area contributed by atoms with Crippen LogP contribution in [0, 0.1) is 12.8 Å². The summed E-state index contributed by atoms with van der Waals surface area (Å²) >= 11 is 6.46. The Kier molecular flexibility index (Phi) is 6.89. The molecule has 3 heterocycles. The van der Waals surface area contributed by atoms with Crippen LogP contribution in [0.4, 0.5) is 0 Å². The number of aryl methyl sites for hydroxylation is 1. The summed E-state index contributed by atoms with van der Waals surface area (Å²) in [7, 11) is 0. The summed E-state index contributed by atoms with van der Waals surface area (Å²) in [6, 6.07) is 7.87. The maximum Gasteiger partial charge on any atom is 0.223 e. The van der Waals surface area contributed by atoms with E-state index in [2.05, 4.69) is 15.3 Å². The van der Waals surface area contributed by atoms with Gasteiger partial charge in [0.2, 0.25) is 5.91 Å². The Hall–Kier alpha value is -3.45. The van der Waals surface area contributed by atoms with Crippen LogP contribution in [0.1, 0.15) is 37.1 Å². The molecule has 0 bridgehead atoms. The molecule has 1 aromatic carbocycles. The maximum absolute atomic E-state index is 12.2. The molecule has 0 saturated heterocycles. The van der Waals surface area contributed by atoms with E-state index in [9.17, 15) is 4.79 Å². The fourth-order valence-corrected chi connectivity index (χ4v) is 3.80. The quantitative estimate of drug-likeness (QED) is 0.397. The summed E-state index contributed by atoms with van der Waals surface area (Å²) in [5.41, 5.74) is 4.23. The predicted molar refractivity (Wildman–Crippen MR) is 128 cm³/mol. The van der Waals surface area contributed by atoms with Crippen LogP contribution in [0.5, 0.6) is 5.75 Å². The van der Waals surface area contributed by atoms with Crippen molar-refractivity contribution < 1.29 is 9.53 Å². The van der Waals surface area contributed by atoms with E-state index in [-0.39, 0.29) is 18.4 Å². The van der Waals surface area contributed by atoms with Crippen LogP contribution in [0.15, 0.2) is 55.4 Å². The Labute approximate surface area is 197 Å². The highest BCUT2D eigenvalue weighted by molar-refractivity contribution is 6.31. The minimum Gasteiger partial charge on any atom is -0.487 e. The largest absolute Gasteiger partial charge is 0.487 e. The maximum atomic E-state index is 12.2. The van der Waals surface area contributed by atoms with Crippen LogP contribution in [0.3, 0.4) is 0 Å². The molecule has 0 fully saturated rings. The molecule has 1 atom stereocenters. The van der Waals surface area contributed by atoms with E-state index >= 15 is 0 Å². The molecule has 3 aromatic heterocycles. The fraction of sp³-hybridized carbons (Fsp3) is 0.280. The first-order valence-corrected chi connectivity index (χ1v) is 11.3. The normalized spacial score (nSPS) is 12.0. The zero-order valence-electron chi connectivity index (χ0n) is 18.9. The van der Waals surface area contributed by atoms with Crippen molar-refractivity contribution in [3.63, 3.8) is 0 Å². The molecule has 4 rings (SSSR count). The third-order valence-electron chi connectivity index (χ3n) is 5.67. The number of benzene rings is 1. The average Bonchev–Trinajstić information content (AvgIpc) is 3.35. The highest BCUT2D eigenvalue weighted by Crippen LogP contribution is 2.30. The van der Waals surface area contributed by atoms with Gasteiger partial charge in [-0.2, -0.15) is 0 Å². The monoisotopic (exact) mass is 463 g/mol. The summed E-state index contributed by atoms with van der Waals surface area (Å²) in [6.07, 6.45) is 9.49. The molecule has 0 radical (unpaired) electrons. The minimum absolute atomic E-state index is 0.00473. The molecule has 1 amide bonds. The van der Waals surface area contributed by atoms with Crippen LogP contribution in [-0.4, -0.2) is 25.4 Å². The van der Waals surface area contributed by atoms with Gasteiger partial charge in [0.1, 0.15) is 17.9 Å². The van der Waals surface area contributed by atoms with Crippen molar-refractivity contribution in [2.45, 2.75) is 40.3 Å². The Morgan fingerprint density at radius 2 is 2.12 bits per heavy atom. The van der Waals surface area contributed by atoms with Crippen molar-refractivity contribution in [2.24, 2.45) is 5.92 Å². The first-order valence-electron chi connectivity index (χ1n) is 10.9. The molecule has 170 valence electrons. The first kappa shape index (κ1) is 22.7. The van der Waals surface area contributed by atoms with Gasteiger partial charge in [-0.25, -0.2) is 9.97 Å². The van der Waals surface area contributed by atoms with E-state index in [1.165, 1.54) is 0 Å². The lowest BCUT2D eigenvalue weighted by atomic mass is 10.1. The van der Waals surface area contributed by atoms with Gasteiger partial charge in [-0.05, 0) is 31.0 Å². The number of pyridine rings is 2. The van der Waals surface area contributed by atoms with Gasteiger partial charge in [-0.15, -0.1) is 0 Å². The van der Waals surface area contributed by atoms with Crippen molar-refractivity contribution >= 4 is 28.4 Å². The Balaban J connectivity index is 1.61. The SMILES string of the molecule is CCC(C)C(=O)NCc1cncc(Cl)c1COc1cccc2c(-n3ccnc3)cc(C)nc12. The standard InChI is InChI=1S/C25H26ClN5O2/c1-4-16(2)25(32)29-12-18-11-28-13-21(26)20(18)14-33-23-7-5-6-19-22(31-9-8-27-15-31)10-17(3)30-24(19)23/h5-11,13,15-16H,4,12,14H2,1-3H3,(H,29,32). The molecular weight excluding hydrogens is 438 g/mol.